The molecule has 0 amide bonds. The van der Waals surface area contributed by atoms with E-state index in [-0.39, 0.29) is 22.2 Å². The Labute approximate surface area is 115 Å². The lowest BCUT2D eigenvalue weighted by Crippen LogP contribution is -2.25. The average molecular weight is 309 g/mol. The maximum absolute atomic E-state index is 11.9. The normalized spacial score (nSPS) is 11.5. The van der Waals surface area contributed by atoms with Gasteiger partial charge < -0.3 is 4.74 Å². The molecule has 0 saturated heterocycles. The van der Waals surface area contributed by atoms with E-state index < -0.39 is 14.9 Å². The summed E-state index contributed by atoms with van der Waals surface area (Å²) < 4.78 is 31.0. The minimum Gasteiger partial charge on any atom is -0.385 e. The predicted octanol–water partition coefficient (Wildman–Crippen LogP) is 1.56. The molecule has 0 spiro atoms. The van der Waals surface area contributed by atoms with E-state index >= 15 is 0 Å². The van der Waals surface area contributed by atoms with Crippen LogP contribution in [0.3, 0.4) is 0 Å². The second-order valence-electron chi connectivity index (χ2n) is 3.62. The van der Waals surface area contributed by atoms with E-state index in [0.717, 1.165) is 12.1 Å². The monoisotopic (exact) mass is 308 g/mol. The third-order valence-corrected chi connectivity index (χ3v) is 4.18. The molecule has 0 aliphatic heterocycles. The lowest BCUT2D eigenvalue weighted by atomic mass is 10.3. The highest BCUT2D eigenvalue weighted by molar-refractivity contribution is 7.89. The zero-order valence-corrected chi connectivity index (χ0v) is 11.7. The van der Waals surface area contributed by atoms with E-state index in [9.17, 15) is 18.5 Å². The van der Waals surface area contributed by atoms with Crippen molar-refractivity contribution >= 4 is 27.3 Å². The number of methoxy groups -OCH3 is 1. The van der Waals surface area contributed by atoms with Gasteiger partial charge in [0.05, 0.1) is 9.95 Å². The Morgan fingerprint density at radius 3 is 2.74 bits per heavy atom. The molecule has 0 radical (unpaired) electrons. The number of rotatable bonds is 7. The second-order valence-corrected chi connectivity index (χ2v) is 5.76. The number of nitro groups is 1. The smallest absolute Gasteiger partial charge is 0.270 e. The molecule has 9 heteroatoms. The zero-order chi connectivity index (χ0) is 14.5. The topological polar surface area (TPSA) is 98.5 Å². The number of benzene rings is 1. The summed E-state index contributed by atoms with van der Waals surface area (Å²) in [5, 5.41) is 10.6. The van der Waals surface area contributed by atoms with Crippen LogP contribution in [0, 0.1) is 10.1 Å². The molecule has 0 aliphatic rings. The number of hydrogen-bond acceptors (Lipinski definition) is 5. The van der Waals surface area contributed by atoms with Crippen molar-refractivity contribution in [1.29, 1.82) is 0 Å². The average Bonchev–Trinajstić information content (AvgIpc) is 2.34. The number of nitro benzene ring substituents is 1. The molecule has 1 N–H and O–H groups in total. The van der Waals surface area contributed by atoms with Crippen LogP contribution in [-0.2, 0) is 14.8 Å². The van der Waals surface area contributed by atoms with Crippen LogP contribution in [0.2, 0.25) is 5.02 Å². The molecule has 0 bridgehead atoms. The van der Waals surface area contributed by atoms with Gasteiger partial charge in [0.2, 0.25) is 10.0 Å². The van der Waals surface area contributed by atoms with Gasteiger partial charge in [-0.05, 0) is 12.5 Å². The van der Waals surface area contributed by atoms with Crippen molar-refractivity contribution in [2.45, 2.75) is 11.3 Å². The van der Waals surface area contributed by atoms with Crippen molar-refractivity contribution in [3.05, 3.63) is 33.3 Å². The van der Waals surface area contributed by atoms with E-state index in [1.807, 2.05) is 0 Å². The third kappa shape index (κ3) is 4.43. The van der Waals surface area contributed by atoms with Gasteiger partial charge in [-0.1, -0.05) is 11.6 Å². The molecule has 0 aliphatic carbocycles. The van der Waals surface area contributed by atoms with Gasteiger partial charge in [-0.15, -0.1) is 0 Å². The first-order valence-corrected chi connectivity index (χ1v) is 7.17. The lowest BCUT2D eigenvalue weighted by Gasteiger charge is -2.07. The van der Waals surface area contributed by atoms with Gasteiger partial charge in [0, 0.05) is 32.4 Å². The Kier molecular flexibility index (Phi) is 5.67. The van der Waals surface area contributed by atoms with Crippen LogP contribution in [0.25, 0.3) is 0 Å². The molecule has 0 heterocycles. The van der Waals surface area contributed by atoms with Crippen molar-refractivity contribution in [3.8, 4) is 0 Å². The Balaban J connectivity index is 2.94. The minimum atomic E-state index is -3.87. The standard InChI is InChI=1S/C10H13ClN2O5S/c1-18-6-2-5-12-19(16,17)10-7-8(13(14)15)3-4-9(10)11/h3-4,7,12H,2,5-6H2,1H3. The number of hydrogen-bond donors (Lipinski definition) is 1. The zero-order valence-electron chi connectivity index (χ0n) is 10.1. The van der Waals surface area contributed by atoms with Crippen molar-refractivity contribution in [2.24, 2.45) is 0 Å². The summed E-state index contributed by atoms with van der Waals surface area (Å²) in [6.07, 6.45) is 0.488. The fourth-order valence-electron chi connectivity index (χ4n) is 1.31. The fraction of sp³-hybridized carbons (Fsp3) is 0.400. The van der Waals surface area contributed by atoms with Crippen molar-refractivity contribution in [3.63, 3.8) is 0 Å². The largest absolute Gasteiger partial charge is 0.385 e. The number of sulfonamides is 1. The second kappa shape index (κ2) is 6.80. The highest BCUT2D eigenvalue weighted by Gasteiger charge is 2.20. The Morgan fingerprint density at radius 1 is 1.47 bits per heavy atom. The molecule has 7 nitrogen and oxygen atoms in total. The summed E-state index contributed by atoms with van der Waals surface area (Å²) in [5.74, 6) is 0. The molecular formula is C10H13ClN2O5S. The van der Waals surface area contributed by atoms with E-state index in [2.05, 4.69) is 4.72 Å². The van der Waals surface area contributed by atoms with Crippen LogP contribution in [0.1, 0.15) is 6.42 Å². The van der Waals surface area contributed by atoms with Gasteiger partial charge in [-0.25, -0.2) is 13.1 Å². The van der Waals surface area contributed by atoms with Gasteiger partial charge in [0.1, 0.15) is 4.90 Å². The quantitative estimate of drug-likeness (QED) is 0.468. The fourth-order valence-corrected chi connectivity index (χ4v) is 2.90. The van der Waals surface area contributed by atoms with E-state index in [0.29, 0.717) is 13.0 Å². The van der Waals surface area contributed by atoms with Crippen LogP contribution in [0.4, 0.5) is 5.69 Å². The molecule has 1 aromatic carbocycles. The van der Waals surface area contributed by atoms with Gasteiger partial charge in [-0.3, -0.25) is 10.1 Å². The predicted molar refractivity (Wildman–Crippen MR) is 69.8 cm³/mol. The summed E-state index contributed by atoms with van der Waals surface area (Å²) in [6, 6.07) is 3.26. The molecule has 0 fully saturated rings. The first kappa shape index (κ1) is 15.8. The summed E-state index contributed by atoms with van der Waals surface area (Å²) in [5.41, 5.74) is -0.332. The summed E-state index contributed by atoms with van der Waals surface area (Å²) in [4.78, 5) is 9.64. The van der Waals surface area contributed by atoms with Gasteiger partial charge in [0.15, 0.2) is 0 Å². The molecule has 1 rings (SSSR count). The van der Waals surface area contributed by atoms with E-state index in [4.69, 9.17) is 16.3 Å². The SMILES string of the molecule is COCCCNS(=O)(=O)c1cc([N+](=O)[O-])ccc1Cl. The molecule has 0 unspecified atom stereocenters. The van der Waals surface area contributed by atoms with Crippen molar-refractivity contribution < 1.29 is 18.1 Å². The van der Waals surface area contributed by atoms with E-state index in [1.165, 1.54) is 13.2 Å². The van der Waals surface area contributed by atoms with Gasteiger partial charge in [0.25, 0.3) is 5.69 Å². The van der Waals surface area contributed by atoms with Crippen molar-refractivity contribution in [2.75, 3.05) is 20.3 Å². The molecule has 1 aromatic rings. The molecule has 106 valence electrons. The Morgan fingerprint density at radius 2 is 2.16 bits per heavy atom. The number of non-ortho nitro benzene ring substituents is 1. The Hall–Kier alpha value is -1.22. The lowest BCUT2D eigenvalue weighted by molar-refractivity contribution is -0.385. The number of ether oxygens (including phenoxy) is 1. The Bertz CT molecular complexity index is 561. The maximum atomic E-state index is 11.9. The van der Waals surface area contributed by atoms with Crippen LogP contribution >= 0.6 is 11.6 Å². The molecule has 0 atom stereocenters. The number of nitrogens with zero attached hydrogens (tertiary/aromatic N) is 1. The molecule has 0 aromatic heterocycles. The molecule has 0 saturated carbocycles. The maximum Gasteiger partial charge on any atom is 0.270 e. The minimum absolute atomic E-state index is 0.0650. The van der Waals surface area contributed by atoms with Crippen LogP contribution in [0.5, 0.6) is 0 Å². The summed E-state index contributed by atoms with van der Waals surface area (Å²) >= 11 is 5.76. The van der Waals surface area contributed by atoms with Crippen LogP contribution in [-0.4, -0.2) is 33.6 Å². The van der Waals surface area contributed by atoms with Crippen LogP contribution < -0.4 is 4.72 Å². The number of halogens is 1. The number of nitrogens with one attached hydrogen (secondary N) is 1. The first-order valence-electron chi connectivity index (χ1n) is 5.31. The third-order valence-electron chi connectivity index (χ3n) is 2.23. The van der Waals surface area contributed by atoms with Crippen molar-refractivity contribution in [1.82, 2.24) is 4.72 Å². The van der Waals surface area contributed by atoms with E-state index in [1.54, 1.807) is 0 Å². The molecular weight excluding hydrogens is 296 g/mol. The summed E-state index contributed by atoms with van der Waals surface area (Å²) in [7, 11) is -2.36. The first-order chi connectivity index (χ1) is 8.88. The highest BCUT2D eigenvalue weighted by Crippen LogP contribution is 2.25. The van der Waals surface area contributed by atoms with Crippen LogP contribution in [0.15, 0.2) is 23.1 Å². The summed E-state index contributed by atoms with van der Waals surface area (Å²) in [6.45, 7) is 0.570. The van der Waals surface area contributed by atoms with Gasteiger partial charge in [-0.2, -0.15) is 0 Å². The highest BCUT2D eigenvalue weighted by atomic mass is 35.5. The molecule has 19 heavy (non-hydrogen) atoms. The van der Waals surface area contributed by atoms with Gasteiger partial charge >= 0.3 is 0 Å².